The largest absolute Gasteiger partial charge is 0.399 e. The molecule has 25 heavy (non-hydrogen) atoms. The van der Waals surface area contributed by atoms with E-state index in [-0.39, 0.29) is 11.6 Å². The Bertz CT molecular complexity index is 895. The minimum Gasteiger partial charge on any atom is -0.399 e. The summed E-state index contributed by atoms with van der Waals surface area (Å²) < 4.78 is 1.03. The highest BCUT2D eigenvalue weighted by Gasteiger charge is 2.54. The highest BCUT2D eigenvalue weighted by atomic mass is 127. The minimum absolute atomic E-state index is 0.0796. The second-order valence-corrected chi connectivity index (χ2v) is 7.70. The lowest BCUT2D eigenvalue weighted by atomic mass is 9.58. The number of halogens is 1. The molecule has 124 valence electrons. The molecule has 2 N–H and O–H groups in total. The molecule has 0 fully saturated rings. The van der Waals surface area contributed by atoms with E-state index in [0.29, 0.717) is 12.1 Å². The molecule has 0 radical (unpaired) electrons. The summed E-state index contributed by atoms with van der Waals surface area (Å²) in [5, 5.41) is 29.5. The SMILES string of the molecule is CN1CC=C2C(C#N)=C(N)C(C#N)(C#N)[C@@H](c3cccc(I)c3)[C@H]2C1. The third kappa shape index (κ3) is 2.61. The zero-order valence-corrected chi connectivity index (χ0v) is 15.9. The molecule has 1 aromatic carbocycles. The second kappa shape index (κ2) is 6.52. The number of allylic oxidation sites excluding steroid dienone is 2. The van der Waals surface area contributed by atoms with Crippen LogP contribution >= 0.6 is 22.6 Å². The van der Waals surface area contributed by atoms with Crippen molar-refractivity contribution in [3.63, 3.8) is 0 Å². The first kappa shape index (κ1) is 17.5. The molecule has 2 aliphatic rings. The molecule has 0 spiro atoms. The Balaban J connectivity index is 2.34. The standard InChI is InChI=1S/C19H16IN5/c1-25-6-5-14-15(8-21)18(24)19(10-22,11-23)17(16(14)9-25)12-3-2-4-13(20)7-12/h2-5,7,16-17H,6,9,24H2,1H3/t16-,17-/m0/s1. The summed E-state index contributed by atoms with van der Waals surface area (Å²) in [5.41, 5.74) is 6.85. The quantitative estimate of drug-likeness (QED) is 0.676. The molecular formula is C19H16IN5. The van der Waals surface area contributed by atoms with Gasteiger partial charge in [0.05, 0.1) is 23.4 Å². The second-order valence-electron chi connectivity index (χ2n) is 6.45. The third-order valence-corrected chi connectivity index (χ3v) is 5.73. The lowest BCUT2D eigenvalue weighted by molar-refractivity contribution is 0.237. The fourth-order valence-electron chi connectivity index (χ4n) is 3.90. The Morgan fingerprint density at radius 1 is 1.28 bits per heavy atom. The highest BCUT2D eigenvalue weighted by molar-refractivity contribution is 14.1. The monoisotopic (exact) mass is 441 g/mol. The molecule has 2 atom stereocenters. The molecule has 1 aliphatic carbocycles. The van der Waals surface area contributed by atoms with Crippen LogP contribution in [0.5, 0.6) is 0 Å². The molecule has 1 aliphatic heterocycles. The van der Waals surface area contributed by atoms with Gasteiger partial charge >= 0.3 is 0 Å². The summed E-state index contributed by atoms with van der Waals surface area (Å²) in [6.45, 7) is 1.39. The van der Waals surface area contributed by atoms with E-state index in [1.807, 2.05) is 37.4 Å². The number of benzene rings is 1. The molecule has 0 unspecified atom stereocenters. The molecular weight excluding hydrogens is 425 g/mol. The molecule has 3 rings (SSSR count). The van der Waals surface area contributed by atoms with Crippen molar-refractivity contribution in [2.45, 2.75) is 5.92 Å². The van der Waals surface area contributed by atoms with Crippen LogP contribution in [0.25, 0.3) is 0 Å². The third-order valence-electron chi connectivity index (χ3n) is 5.05. The number of likely N-dealkylation sites (N-methyl/N-ethyl adjacent to an activating group) is 1. The Labute approximate surface area is 160 Å². The van der Waals surface area contributed by atoms with Gasteiger partial charge in [-0.25, -0.2) is 0 Å². The normalized spacial score (nSPS) is 25.2. The van der Waals surface area contributed by atoms with E-state index in [9.17, 15) is 15.8 Å². The molecule has 1 heterocycles. The van der Waals surface area contributed by atoms with Crippen molar-refractivity contribution in [2.24, 2.45) is 17.1 Å². The number of hydrogen-bond donors (Lipinski definition) is 1. The smallest absolute Gasteiger partial charge is 0.191 e. The van der Waals surface area contributed by atoms with Gasteiger partial charge in [-0.3, -0.25) is 0 Å². The maximum atomic E-state index is 9.95. The van der Waals surface area contributed by atoms with Crippen LogP contribution in [0.15, 0.2) is 47.2 Å². The van der Waals surface area contributed by atoms with E-state index >= 15 is 0 Å². The van der Waals surface area contributed by atoms with E-state index in [4.69, 9.17) is 5.73 Å². The lowest BCUT2D eigenvalue weighted by Crippen LogP contribution is -2.47. The zero-order valence-electron chi connectivity index (χ0n) is 13.7. The summed E-state index contributed by atoms with van der Waals surface area (Å²) in [4.78, 5) is 2.13. The van der Waals surface area contributed by atoms with Gasteiger partial charge in [-0.15, -0.1) is 0 Å². The van der Waals surface area contributed by atoms with Gasteiger partial charge in [-0.2, -0.15) is 15.8 Å². The predicted molar refractivity (Wildman–Crippen MR) is 101 cm³/mol. The van der Waals surface area contributed by atoms with E-state index in [2.05, 4.69) is 45.7 Å². The van der Waals surface area contributed by atoms with Gasteiger partial charge < -0.3 is 10.6 Å². The van der Waals surface area contributed by atoms with Gasteiger partial charge in [-0.05, 0) is 52.9 Å². The molecule has 0 amide bonds. The molecule has 1 aromatic rings. The van der Waals surface area contributed by atoms with Gasteiger partial charge in [0, 0.05) is 28.5 Å². The van der Waals surface area contributed by atoms with E-state index in [0.717, 1.165) is 21.3 Å². The summed E-state index contributed by atoms with van der Waals surface area (Å²) in [7, 11) is 1.99. The molecule has 0 saturated heterocycles. The Morgan fingerprint density at radius 3 is 2.60 bits per heavy atom. The minimum atomic E-state index is -1.55. The van der Waals surface area contributed by atoms with Gasteiger partial charge in [0.1, 0.15) is 6.07 Å². The van der Waals surface area contributed by atoms with Gasteiger partial charge in [-0.1, -0.05) is 18.2 Å². The Hall–Kier alpha value is -2.34. The topological polar surface area (TPSA) is 101 Å². The first-order valence-corrected chi connectivity index (χ1v) is 8.93. The Morgan fingerprint density at radius 2 is 2.00 bits per heavy atom. The number of nitriles is 3. The summed E-state index contributed by atoms with van der Waals surface area (Å²) in [5.74, 6) is -0.540. The zero-order chi connectivity index (χ0) is 18.2. The van der Waals surface area contributed by atoms with Gasteiger partial charge in [0.15, 0.2) is 5.41 Å². The van der Waals surface area contributed by atoms with Crippen molar-refractivity contribution < 1.29 is 0 Å². The molecule has 0 bridgehead atoms. The van der Waals surface area contributed by atoms with E-state index in [1.165, 1.54) is 0 Å². The van der Waals surface area contributed by atoms with Crippen LogP contribution in [-0.4, -0.2) is 25.0 Å². The van der Waals surface area contributed by atoms with Crippen LogP contribution in [0.3, 0.4) is 0 Å². The number of nitrogens with two attached hydrogens (primary N) is 1. The summed E-state index contributed by atoms with van der Waals surface area (Å²) in [6.07, 6.45) is 2.00. The predicted octanol–water partition coefficient (Wildman–Crippen LogP) is 2.65. The fraction of sp³-hybridized carbons (Fsp3) is 0.316. The maximum absolute atomic E-state index is 9.95. The number of rotatable bonds is 1. The average Bonchev–Trinajstić information content (AvgIpc) is 2.61. The number of fused-ring (bicyclic) bond motifs is 1. The van der Waals surface area contributed by atoms with Crippen LogP contribution in [0.2, 0.25) is 0 Å². The van der Waals surface area contributed by atoms with E-state index < -0.39 is 11.3 Å². The molecule has 0 saturated carbocycles. The van der Waals surface area contributed by atoms with Crippen LogP contribution in [-0.2, 0) is 0 Å². The van der Waals surface area contributed by atoms with Gasteiger partial charge in [0.25, 0.3) is 0 Å². The van der Waals surface area contributed by atoms with Crippen LogP contribution < -0.4 is 5.73 Å². The lowest BCUT2D eigenvalue weighted by Gasteiger charge is -2.45. The first-order valence-electron chi connectivity index (χ1n) is 7.85. The van der Waals surface area contributed by atoms with Crippen molar-refractivity contribution in [2.75, 3.05) is 20.1 Å². The van der Waals surface area contributed by atoms with Crippen molar-refractivity contribution in [3.05, 3.63) is 56.3 Å². The molecule has 6 heteroatoms. The van der Waals surface area contributed by atoms with Crippen molar-refractivity contribution in [1.29, 1.82) is 15.8 Å². The molecule has 0 aromatic heterocycles. The van der Waals surface area contributed by atoms with Crippen LogP contribution in [0, 0.1) is 48.9 Å². The van der Waals surface area contributed by atoms with Crippen molar-refractivity contribution >= 4 is 22.6 Å². The summed E-state index contributed by atoms with van der Waals surface area (Å²) >= 11 is 2.22. The van der Waals surface area contributed by atoms with Crippen LogP contribution in [0.1, 0.15) is 11.5 Å². The summed E-state index contributed by atoms with van der Waals surface area (Å²) in [6, 6.07) is 14.3. The first-order chi connectivity index (χ1) is 12.0. The van der Waals surface area contributed by atoms with E-state index in [1.54, 1.807) is 0 Å². The number of nitrogens with zero attached hydrogens (tertiary/aromatic N) is 4. The Kier molecular flexibility index (Phi) is 4.56. The fourth-order valence-corrected chi connectivity index (χ4v) is 4.47. The van der Waals surface area contributed by atoms with Crippen molar-refractivity contribution in [1.82, 2.24) is 4.90 Å². The maximum Gasteiger partial charge on any atom is 0.191 e. The van der Waals surface area contributed by atoms with Crippen molar-refractivity contribution in [3.8, 4) is 18.2 Å². The molecule has 5 nitrogen and oxygen atoms in total. The average molecular weight is 441 g/mol. The van der Waals surface area contributed by atoms with Gasteiger partial charge in [0.2, 0.25) is 0 Å². The highest BCUT2D eigenvalue weighted by Crippen LogP contribution is 2.54. The number of hydrogen-bond acceptors (Lipinski definition) is 5. The van der Waals surface area contributed by atoms with Crippen LogP contribution in [0.4, 0.5) is 0 Å².